The van der Waals surface area contributed by atoms with Crippen LogP contribution in [0.2, 0.25) is 0 Å². The molecule has 5 N–H and O–H groups in total. The Balaban J connectivity index is 1.56. The number of amides is 2. The van der Waals surface area contributed by atoms with Gasteiger partial charge in [0, 0.05) is 29.1 Å². The first-order chi connectivity index (χ1) is 20.1. The van der Waals surface area contributed by atoms with Crippen molar-refractivity contribution in [2.24, 2.45) is 5.73 Å². The number of nitrogens with one attached hydrogen (secondary N) is 3. The van der Waals surface area contributed by atoms with Crippen molar-refractivity contribution in [2.45, 2.75) is 64.1 Å². The largest absolute Gasteiger partial charge is 0.458 e. The van der Waals surface area contributed by atoms with Crippen molar-refractivity contribution in [3.63, 3.8) is 0 Å². The molecular weight excluding hydrogens is 528 g/mol. The maximum absolute atomic E-state index is 13.8. The molecule has 1 heterocycles. The minimum Gasteiger partial charge on any atom is -0.458 e. The molecule has 4 aromatic rings. The van der Waals surface area contributed by atoms with E-state index in [2.05, 4.69) is 15.6 Å². The van der Waals surface area contributed by atoms with E-state index in [1.54, 1.807) is 32.9 Å². The number of para-hydroxylation sites is 1. The quantitative estimate of drug-likeness (QED) is 0.139. The van der Waals surface area contributed by atoms with Crippen LogP contribution in [-0.4, -0.2) is 47.0 Å². The zero-order chi connectivity index (χ0) is 30.1. The van der Waals surface area contributed by atoms with Gasteiger partial charge < -0.3 is 26.1 Å². The number of aromatic amines is 1. The van der Waals surface area contributed by atoms with E-state index in [-0.39, 0.29) is 12.3 Å². The number of esters is 1. The van der Waals surface area contributed by atoms with E-state index in [0.29, 0.717) is 31.4 Å². The molecule has 3 aromatic carbocycles. The normalized spacial score (nSPS) is 12.9. The van der Waals surface area contributed by atoms with Crippen LogP contribution in [0.1, 0.15) is 56.0 Å². The van der Waals surface area contributed by atoms with Crippen molar-refractivity contribution in [3.05, 3.63) is 96.2 Å². The Labute approximate surface area is 247 Å². The molecule has 42 heavy (non-hydrogen) atoms. The number of hydrogen-bond donors (Lipinski definition) is 4. The van der Waals surface area contributed by atoms with Crippen molar-refractivity contribution < 1.29 is 19.1 Å². The van der Waals surface area contributed by atoms with E-state index in [4.69, 9.17) is 10.5 Å². The molecule has 0 radical (unpaired) electrons. The summed E-state index contributed by atoms with van der Waals surface area (Å²) in [5.41, 5.74) is 9.22. The summed E-state index contributed by atoms with van der Waals surface area (Å²) in [6.07, 6.45) is 3.82. The fraction of sp³-hybridized carbons (Fsp3) is 0.324. The Morgan fingerprint density at radius 1 is 0.833 bits per heavy atom. The lowest BCUT2D eigenvalue weighted by Gasteiger charge is -2.26. The summed E-state index contributed by atoms with van der Waals surface area (Å²) in [4.78, 5) is 43.4. The average Bonchev–Trinajstić information content (AvgIpc) is 3.38. The zero-order valence-electron chi connectivity index (χ0n) is 24.5. The molecule has 2 amide bonds. The predicted octanol–water partition coefficient (Wildman–Crippen LogP) is 5.13. The van der Waals surface area contributed by atoms with Crippen molar-refractivity contribution in [1.29, 1.82) is 0 Å². The van der Waals surface area contributed by atoms with Crippen LogP contribution >= 0.6 is 0 Å². The summed E-state index contributed by atoms with van der Waals surface area (Å²) in [7, 11) is 0. The molecule has 0 aliphatic rings. The van der Waals surface area contributed by atoms with Crippen LogP contribution in [0.3, 0.4) is 0 Å². The minimum absolute atomic E-state index is 0.230. The average molecular weight is 569 g/mol. The third kappa shape index (κ3) is 8.30. The van der Waals surface area contributed by atoms with Gasteiger partial charge in [-0.2, -0.15) is 0 Å². The van der Waals surface area contributed by atoms with E-state index in [9.17, 15) is 14.4 Å². The summed E-state index contributed by atoms with van der Waals surface area (Å²) in [5, 5.41) is 6.75. The van der Waals surface area contributed by atoms with Crippen LogP contribution < -0.4 is 16.4 Å². The molecule has 0 fully saturated rings. The SMILES string of the molecule is CC(C)(C)OC(=O)C(CCCCN)NC(=O)C(Cc1c[nH]c2ccccc12)NC(=O)c1ccc(-c2ccccc2)cc1. The number of unbranched alkanes of at least 4 members (excludes halogenated alkanes) is 1. The molecule has 0 spiro atoms. The van der Waals surface area contributed by atoms with E-state index in [1.807, 2.05) is 72.9 Å². The molecule has 2 atom stereocenters. The predicted molar refractivity (Wildman–Crippen MR) is 166 cm³/mol. The maximum Gasteiger partial charge on any atom is 0.329 e. The number of ether oxygens (including phenoxy) is 1. The van der Waals surface area contributed by atoms with Gasteiger partial charge in [0.25, 0.3) is 5.91 Å². The highest BCUT2D eigenvalue weighted by molar-refractivity contribution is 5.99. The number of H-pyrrole nitrogens is 1. The van der Waals surface area contributed by atoms with Crippen LogP contribution in [0.25, 0.3) is 22.0 Å². The molecule has 2 unspecified atom stereocenters. The summed E-state index contributed by atoms with van der Waals surface area (Å²) in [5.74, 6) is -1.36. The number of carbonyl (C=O) groups excluding carboxylic acids is 3. The molecule has 220 valence electrons. The second kappa shape index (κ2) is 14.0. The molecule has 0 saturated carbocycles. The highest BCUT2D eigenvalue weighted by Crippen LogP contribution is 2.21. The van der Waals surface area contributed by atoms with E-state index in [1.165, 1.54) is 0 Å². The first-order valence-corrected chi connectivity index (χ1v) is 14.4. The summed E-state index contributed by atoms with van der Waals surface area (Å²) >= 11 is 0. The first kappa shape index (κ1) is 30.5. The lowest BCUT2D eigenvalue weighted by Crippen LogP contribution is -2.53. The molecule has 1 aromatic heterocycles. The lowest BCUT2D eigenvalue weighted by atomic mass is 10.0. The zero-order valence-corrected chi connectivity index (χ0v) is 24.5. The number of fused-ring (bicyclic) bond motifs is 1. The standard InChI is InChI=1S/C34H40N4O4/c1-34(2,3)42-33(41)29(15-9-10-20-35)37-32(40)30(21-26-22-36-28-14-8-7-13-27(26)28)38-31(39)25-18-16-24(17-19-25)23-11-5-4-6-12-23/h4-8,11-14,16-19,22,29-30,36H,9-10,15,20-21,35H2,1-3H3,(H,37,40)(H,38,39). The molecule has 4 rings (SSSR count). The van der Waals surface area contributed by atoms with Gasteiger partial charge in [0.05, 0.1) is 0 Å². The highest BCUT2D eigenvalue weighted by atomic mass is 16.6. The van der Waals surface area contributed by atoms with Gasteiger partial charge in [0.15, 0.2) is 0 Å². The number of rotatable bonds is 12. The fourth-order valence-electron chi connectivity index (χ4n) is 4.80. The molecule has 8 nitrogen and oxygen atoms in total. The number of carbonyl (C=O) groups is 3. The van der Waals surface area contributed by atoms with Gasteiger partial charge in [-0.05, 0) is 81.5 Å². The Morgan fingerprint density at radius 3 is 2.19 bits per heavy atom. The second-order valence-corrected chi connectivity index (χ2v) is 11.4. The van der Waals surface area contributed by atoms with E-state index < -0.39 is 29.6 Å². The molecule has 0 saturated heterocycles. The van der Waals surface area contributed by atoms with Crippen LogP contribution in [0.15, 0.2) is 85.1 Å². The number of aromatic nitrogens is 1. The van der Waals surface area contributed by atoms with Gasteiger partial charge in [-0.3, -0.25) is 9.59 Å². The van der Waals surface area contributed by atoms with Gasteiger partial charge in [0.2, 0.25) is 5.91 Å². The van der Waals surface area contributed by atoms with Gasteiger partial charge in [-0.15, -0.1) is 0 Å². The summed E-state index contributed by atoms with van der Waals surface area (Å²) in [6, 6.07) is 23.1. The van der Waals surface area contributed by atoms with Crippen LogP contribution in [-0.2, 0) is 20.7 Å². The van der Waals surface area contributed by atoms with E-state index >= 15 is 0 Å². The maximum atomic E-state index is 13.8. The first-order valence-electron chi connectivity index (χ1n) is 14.4. The highest BCUT2D eigenvalue weighted by Gasteiger charge is 2.30. The van der Waals surface area contributed by atoms with E-state index in [0.717, 1.165) is 27.6 Å². The minimum atomic E-state index is -0.940. The van der Waals surface area contributed by atoms with Crippen molar-refractivity contribution in [1.82, 2.24) is 15.6 Å². The molecule has 0 bridgehead atoms. The Bertz CT molecular complexity index is 1490. The molecular formula is C34H40N4O4. The number of nitrogens with two attached hydrogens (primary N) is 1. The Morgan fingerprint density at radius 2 is 1.50 bits per heavy atom. The fourth-order valence-corrected chi connectivity index (χ4v) is 4.80. The summed E-state index contributed by atoms with van der Waals surface area (Å²) < 4.78 is 5.60. The van der Waals surface area contributed by atoms with Gasteiger partial charge in [-0.1, -0.05) is 60.7 Å². The Hall–Kier alpha value is -4.43. The third-order valence-electron chi connectivity index (χ3n) is 6.93. The number of benzene rings is 3. The van der Waals surface area contributed by atoms with Crippen LogP contribution in [0.4, 0.5) is 0 Å². The van der Waals surface area contributed by atoms with Gasteiger partial charge in [0.1, 0.15) is 17.7 Å². The van der Waals surface area contributed by atoms with Crippen molar-refractivity contribution >= 4 is 28.7 Å². The molecule has 0 aliphatic heterocycles. The monoisotopic (exact) mass is 568 g/mol. The van der Waals surface area contributed by atoms with Crippen LogP contribution in [0.5, 0.6) is 0 Å². The van der Waals surface area contributed by atoms with Crippen LogP contribution in [0, 0.1) is 0 Å². The topological polar surface area (TPSA) is 126 Å². The van der Waals surface area contributed by atoms with Gasteiger partial charge in [-0.25, -0.2) is 4.79 Å². The molecule has 0 aliphatic carbocycles. The van der Waals surface area contributed by atoms with Gasteiger partial charge >= 0.3 is 5.97 Å². The third-order valence-corrected chi connectivity index (χ3v) is 6.93. The Kier molecular flexibility index (Phi) is 10.1. The molecule has 8 heteroatoms. The smallest absolute Gasteiger partial charge is 0.329 e. The summed E-state index contributed by atoms with van der Waals surface area (Å²) in [6.45, 7) is 5.84. The van der Waals surface area contributed by atoms with Crippen molar-refractivity contribution in [2.75, 3.05) is 6.54 Å². The number of hydrogen-bond acceptors (Lipinski definition) is 5. The van der Waals surface area contributed by atoms with Crippen molar-refractivity contribution in [3.8, 4) is 11.1 Å². The second-order valence-electron chi connectivity index (χ2n) is 11.4. The lowest BCUT2D eigenvalue weighted by molar-refractivity contribution is -0.159.